The third kappa shape index (κ3) is 4.78. The molecule has 0 spiro atoms. The van der Waals surface area contributed by atoms with Crippen LogP contribution in [0.1, 0.15) is 26.6 Å². The Morgan fingerprint density at radius 3 is 2.68 bits per heavy atom. The zero-order chi connectivity index (χ0) is 22.9. The number of esters is 1. The fourth-order valence-corrected chi connectivity index (χ4v) is 3.98. The van der Waals surface area contributed by atoms with E-state index in [1.165, 1.54) is 37.5 Å². The number of aryl methyl sites for hydroxylation is 1. The van der Waals surface area contributed by atoms with Gasteiger partial charge in [-0.1, -0.05) is 23.7 Å². The third-order valence-electron chi connectivity index (χ3n) is 4.09. The first kappa shape index (κ1) is 22.5. The second-order valence-corrected chi connectivity index (χ2v) is 7.62. The molecule has 0 fully saturated rings. The van der Waals surface area contributed by atoms with Gasteiger partial charge < -0.3 is 15.0 Å². The zero-order valence-corrected chi connectivity index (χ0v) is 17.5. The van der Waals surface area contributed by atoms with E-state index in [9.17, 15) is 27.6 Å². The summed E-state index contributed by atoms with van der Waals surface area (Å²) >= 11 is 7.23. The van der Waals surface area contributed by atoms with Crippen LogP contribution in [-0.4, -0.2) is 35.1 Å². The van der Waals surface area contributed by atoms with E-state index in [0.29, 0.717) is 11.1 Å². The summed E-state index contributed by atoms with van der Waals surface area (Å²) < 4.78 is 42.0. The third-order valence-corrected chi connectivity index (χ3v) is 5.55. The highest BCUT2D eigenvalue weighted by molar-refractivity contribution is 7.20. The van der Waals surface area contributed by atoms with Gasteiger partial charge >= 0.3 is 18.1 Å². The zero-order valence-electron chi connectivity index (χ0n) is 15.9. The lowest BCUT2D eigenvalue weighted by Gasteiger charge is -2.08. The van der Waals surface area contributed by atoms with E-state index in [1.807, 2.05) is 0 Å². The molecule has 7 nitrogen and oxygen atoms in total. The largest absolute Gasteiger partial charge is 0.471 e. The average molecular weight is 472 g/mol. The van der Waals surface area contributed by atoms with Gasteiger partial charge in [-0.3, -0.25) is 9.59 Å². The first-order valence-corrected chi connectivity index (χ1v) is 9.68. The Morgan fingerprint density at radius 1 is 1.32 bits per heavy atom. The Balaban J connectivity index is 1.97. The van der Waals surface area contributed by atoms with Gasteiger partial charge in [-0.15, -0.1) is 11.3 Å². The molecule has 0 saturated carbocycles. The standard InChI is InChI=1S/C19H13ClF3N3O4S/c1-8-12-15(27)25-14(26-16(12)31-13(8)17(28)30-2)11(20)7-9-4-3-5-10(6-9)24-18(29)19(21,22)23/h3-7H,1-2H3,(H,24,29)(H,25,26,27)/b11-7-. The number of hydrogen-bond donors (Lipinski definition) is 2. The van der Waals surface area contributed by atoms with Crippen molar-refractivity contribution in [3.05, 3.63) is 56.4 Å². The number of nitrogens with one attached hydrogen (secondary N) is 2. The monoisotopic (exact) mass is 471 g/mol. The minimum absolute atomic E-state index is 0.00145. The van der Waals surface area contributed by atoms with Gasteiger partial charge in [0.1, 0.15) is 9.71 Å². The van der Waals surface area contributed by atoms with E-state index in [-0.39, 0.29) is 31.6 Å². The second kappa shape index (κ2) is 8.52. The van der Waals surface area contributed by atoms with Crippen molar-refractivity contribution in [1.82, 2.24) is 9.97 Å². The molecule has 2 aromatic heterocycles. The van der Waals surface area contributed by atoms with Crippen molar-refractivity contribution >= 4 is 61.8 Å². The number of carbonyl (C=O) groups is 2. The number of carbonyl (C=O) groups excluding carboxylic acids is 2. The second-order valence-electron chi connectivity index (χ2n) is 6.21. The smallest absolute Gasteiger partial charge is 0.465 e. The van der Waals surface area contributed by atoms with Crippen LogP contribution in [0.2, 0.25) is 0 Å². The molecule has 3 aromatic rings. The molecule has 3 rings (SSSR count). The predicted octanol–water partition coefficient (Wildman–Crippen LogP) is 4.32. The Hall–Kier alpha value is -3.18. The van der Waals surface area contributed by atoms with Crippen LogP contribution in [0.25, 0.3) is 21.3 Å². The van der Waals surface area contributed by atoms with Crippen LogP contribution in [0.3, 0.4) is 0 Å². The molecule has 2 N–H and O–H groups in total. The lowest BCUT2D eigenvalue weighted by Crippen LogP contribution is -2.29. The van der Waals surface area contributed by atoms with Crippen LogP contribution in [0.15, 0.2) is 29.1 Å². The summed E-state index contributed by atoms with van der Waals surface area (Å²) in [5.74, 6) is -2.70. The van der Waals surface area contributed by atoms with E-state index < -0.39 is 23.6 Å². The van der Waals surface area contributed by atoms with Gasteiger partial charge in [-0.05, 0) is 36.3 Å². The first-order chi connectivity index (χ1) is 14.5. The fraction of sp³-hybridized carbons (Fsp3) is 0.158. The summed E-state index contributed by atoms with van der Waals surface area (Å²) in [7, 11) is 1.22. The minimum atomic E-state index is -5.02. The van der Waals surface area contributed by atoms with Gasteiger partial charge in [-0.2, -0.15) is 13.2 Å². The van der Waals surface area contributed by atoms with Gasteiger partial charge in [-0.25, -0.2) is 9.78 Å². The quantitative estimate of drug-likeness (QED) is 0.552. The molecular weight excluding hydrogens is 459 g/mol. The lowest BCUT2D eigenvalue weighted by atomic mass is 10.2. The Kier molecular flexibility index (Phi) is 6.18. The van der Waals surface area contributed by atoms with E-state index in [2.05, 4.69) is 9.97 Å². The molecule has 1 aromatic carbocycles. The molecule has 2 heterocycles. The number of anilines is 1. The maximum absolute atomic E-state index is 12.5. The molecule has 12 heteroatoms. The normalized spacial score (nSPS) is 12.1. The number of aromatic amines is 1. The van der Waals surface area contributed by atoms with Crippen LogP contribution in [0, 0.1) is 6.92 Å². The number of nitrogens with zero attached hydrogens (tertiary/aromatic N) is 1. The van der Waals surface area contributed by atoms with Gasteiger partial charge in [0.05, 0.1) is 17.5 Å². The van der Waals surface area contributed by atoms with Crippen molar-refractivity contribution in [1.29, 1.82) is 0 Å². The molecule has 0 aliphatic heterocycles. The highest BCUT2D eigenvalue weighted by Gasteiger charge is 2.38. The van der Waals surface area contributed by atoms with Gasteiger partial charge in [0.15, 0.2) is 5.82 Å². The molecule has 162 valence electrons. The highest BCUT2D eigenvalue weighted by atomic mass is 35.5. The number of aromatic nitrogens is 2. The van der Waals surface area contributed by atoms with Crippen LogP contribution in [0.4, 0.5) is 18.9 Å². The van der Waals surface area contributed by atoms with Crippen molar-refractivity contribution in [3.8, 4) is 0 Å². The molecule has 0 saturated heterocycles. The SMILES string of the molecule is COC(=O)c1sc2nc(/C(Cl)=C/c3cccc(NC(=O)C(F)(F)F)c3)[nH]c(=O)c2c1C. The number of fused-ring (bicyclic) bond motifs is 1. The summed E-state index contributed by atoms with van der Waals surface area (Å²) in [5.41, 5.74) is 0.182. The van der Waals surface area contributed by atoms with Crippen LogP contribution < -0.4 is 10.9 Å². The molecule has 0 bridgehead atoms. The van der Waals surface area contributed by atoms with E-state index >= 15 is 0 Å². The maximum atomic E-state index is 12.5. The lowest BCUT2D eigenvalue weighted by molar-refractivity contribution is -0.167. The van der Waals surface area contributed by atoms with E-state index in [0.717, 1.165) is 11.3 Å². The van der Waals surface area contributed by atoms with Crippen molar-refractivity contribution in [3.63, 3.8) is 0 Å². The number of methoxy groups -OCH3 is 1. The van der Waals surface area contributed by atoms with Gasteiger partial charge in [0.2, 0.25) is 0 Å². The van der Waals surface area contributed by atoms with Crippen LogP contribution >= 0.6 is 22.9 Å². The van der Waals surface area contributed by atoms with Gasteiger partial charge in [0.25, 0.3) is 5.56 Å². The van der Waals surface area contributed by atoms with Crippen molar-refractivity contribution in [2.24, 2.45) is 0 Å². The minimum Gasteiger partial charge on any atom is -0.465 e. The van der Waals surface area contributed by atoms with Gasteiger partial charge in [0, 0.05) is 5.69 Å². The number of thiophene rings is 1. The summed E-state index contributed by atoms with van der Waals surface area (Å²) in [6.07, 6.45) is -3.67. The summed E-state index contributed by atoms with van der Waals surface area (Å²) in [4.78, 5) is 42.7. The summed E-state index contributed by atoms with van der Waals surface area (Å²) in [6, 6.07) is 5.51. The molecular formula is C19H13ClF3N3O4S. The Bertz CT molecular complexity index is 1280. The van der Waals surface area contributed by atoms with Crippen LogP contribution in [-0.2, 0) is 9.53 Å². The van der Waals surface area contributed by atoms with E-state index in [1.54, 1.807) is 12.2 Å². The van der Waals surface area contributed by atoms with Crippen molar-refractivity contribution < 1.29 is 27.5 Å². The van der Waals surface area contributed by atoms with Crippen molar-refractivity contribution in [2.75, 3.05) is 12.4 Å². The molecule has 0 radical (unpaired) electrons. The van der Waals surface area contributed by atoms with E-state index in [4.69, 9.17) is 16.3 Å². The molecule has 1 amide bonds. The number of alkyl halides is 3. The fourth-order valence-electron chi connectivity index (χ4n) is 2.67. The Morgan fingerprint density at radius 2 is 2.03 bits per heavy atom. The molecule has 0 atom stereocenters. The maximum Gasteiger partial charge on any atom is 0.471 e. The number of hydrogen-bond acceptors (Lipinski definition) is 6. The number of benzene rings is 1. The number of amides is 1. The summed E-state index contributed by atoms with van der Waals surface area (Å²) in [6.45, 7) is 1.60. The first-order valence-electron chi connectivity index (χ1n) is 8.48. The number of H-pyrrole nitrogens is 1. The average Bonchev–Trinajstić information content (AvgIpc) is 3.04. The predicted molar refractivity (Wildman–Crippen MR) is 111 cm³/mol. The highest BCUT2D eigenvalue weighted by Crippen LogP contribution is 2.29. The van der Waals surface area contributed by atoms with Crippen LogP contribution in [0.5, 0.6) is 0 Å². The number of ether oxygens (including phenoxy) is 1. The molecule has 0 unspecified atom stereocenters. The summed E-state index contributed by atoms with van der Waals surface area (Å²) in [5, 5.41) is 1.96. The number of halogens is 4. The van der Waals surface area contributed by atoms with Crippen molar-refractivity contribution in [2.45, 2.75) is 13.1 Å². The topological polar surface area (TPSA) is 101 Å². The molecule has 0 aliphatic rings. The number of rotatable bonds is 4. The molecule has 0 aliphatic carbocycles. The molecule has 31 heavy (non-hydrogen) atoms. The Labute approximate surface area is 181 Å².